The van der Waals surface area contributed by atoms with Crippen molar-refractivity contribution >= 4 is 66.9 Å². The fourth-order valence-electron chi connectivity index (χ4n) is 2.68. The third-order valence-electron chi connectivity index (χ3n) is 4.04. The minimum atomic E-state index is -3.78. The average Bonchev–Trinajstić information content (AvgIpc) is 2.51. The molecule has 0 rings (SSSR count). The van der Waals surface area contributed by atoms with E-state index in [2.05, 4.69) is 11.4 Å². The van der Waals surface area contributed by atoms with Gasteiger partial charge < -0.3 is 4.89 Å². The fourth-order valence-corrected chi connectivity index (χ4v) is 3.44. The Kier molecular flexibility index (Phi) is 30.7. The summed E-state index contributed by atoms with van der Waals surface area (Å²) in [6, 6.07) is 0. The van der Waals surface area contributed by atoms with Crippen molar-refractivity contribution in [2.24, 2.45) is 0 Å². The number of phosphoric acid groups is 1. The average molecular weight is 398 g/mol. The molecule has 7 heteroatoms. The molecule has 0 saturated carbocycles. The predicted molar refractivity (Wildman–Crippen MR) is 112 cm³/mol. The van der Waals surface area contributed by atoms with E-state index >= 15 is 0 Å². The van der Waals surface area contributed by atoms with Crippen LogP contribution in [0.25, 0.3) is 0 Å². The van der Waals surface area contributed by atoms with E-state index in [0.29, 0.717) is 6.61 Å². The Hall–Kier alpha value is 2.11. The van der Waals surface area contributed by atoms with Crippen molar-refractivity contribution in [3.05, 3.63) is 0 Å². The fraction of sp³-hybridized carbons (Fsp3) is 1.00. The second-order valence-electron chi connectivity index (χ2n) is 6.32. The molecule has 0 saturated heterocycles. The molecule has 0 aromatic heterocycles. The molecule has 0 aliphatic carbocycles. The molecule has 0 spiro atoms. The summed E-state index contributed by atoms with van der Waals surface area (Å²) in [6.45, 7) is 4.45. The number of unbranched alkanes of at least 4 members (excludes halogenated alkanes) is 13. The van der Waals surface area contributed by atoms with Crippen LogP contribution in [0.1, 0.15) is 104 Å². The topological polar surface area (TPSA) is 55.8 Å². The number of hydrogen-bond acceptors (Lipinski definition) is 3. The summed E-state index contributed by atoms with van der Waals surface area (Å²) < 4.78 is 20.8. The Balaban J connectivity index is -0.00000242. The van der Waals surface area contributed by atoms with Crippen molar-refractivity contribution in [3.8, 4) is 0 Å². The summed E-state index contributed by atoms with van der Waals surface area (Å²) in [4.78, 5) is 9.23. The van der Waals surface area contributed by atoms with Crippen molar-refractivity contribution in [1.82, 2.24) is 0 Å². The van der Waals surface area contributed by atoms with Crippen LogP contribution < -0.4 is 0 Å². The molecule has 1 N–H and O–H groups in total. The Morgan fingerprint density at radius 3 is 1.36 bits per heavy atom. The van der Waals surface area contributed by atoms with Crippen LogP contribution in [0.2, 0.25) is 0 Å². The third kappa shape index (κ3) is 26.1. The number of phosphoric ester groups is 1. The van der Waals surface area contributed by atoms with E-state index < -0.39 is 7.82 Å². The Morgan fingerprint density at radius 1 is 0.640 bits per heavy atom. The standard InChI is InChI=1S/C18H39O4P.2Na.2H/c1-3-5-6-7-8-9-10-11-12-13-14-15-16-17-18-22-23(19,20)21-4-2;;;;/h3-18H2,1-2H3,(H,19,20);;;;. The third-order valence-corrected chi connectivity index (χ3v) is 5.14. The molecule has 0 bridgehead atoms. The SMILES string of the molecule is CCCCCCCCCCCCCCCCOP(=O)(O)OCC.[NaH].[NaH]. The molecular formula is C18H41Na2O4P. The first kappa shape index (κ1) is 31.8. The zero-order valence-electron chi connectivity index (χ0n) is 15.4. The van der Waals surface area contributed by atoms with E-state index in [1.54, 1.807) is 6.92 Å². The second-order valence-corrected chi connectivity index (χ2v) is 7.77. The van der Waals surface area contributed by atoms with Crippen LogP contribution >= 0.6 is 7.82 Å². The second kappa shape index (κ2) is 24.1. The van der Waals surface area contributed by atoms with E-state index in [9.17, 15) is 9.46 Å². The van der Waals surface area contributed by atoms with Crippen LogP contribution in [0.5, 0.6) is 0 Å². The molecule has 0 radical (unpaired) electrons. The van der Waals surface area contributed by atoms with Crippen molar-refractivity contribution in [2.45, 2.75) is 104 Å². The van der Waals surface area contributed by atoms with Crippen LogP contribution in [-0.4, -0.2) is 77.2 Å². The van der Waals surface area contributed by atoms with Crippen molar-refractivity contribution in [3.63, 3.8) is 0 Å². The molecular weight excluding hydrogens is 357 g/mol. The Labute approximate surface area is 200 Å². The molecule has 4 nitrogen and oxygen atoms in total. The molecule has 1 atom stereocenters. The van der Waals surface area contributed by atoms with Crippen LogP contribution in [0.15, 0.2) is 0 Å². The van der Waals surface area contributed by atoms with Crippen LogP contribution in [0.3, 0.4) is 0 Å². The first-order valence-corrected chi connectivity index (χ1v) is 11.2. The molecule has 0 fully saturated rings. The van der Waals surface area contributed by atoms with Gasteiger partial charge in [0.2, 0.25) is 0 Å². The summed E-state index contributed by atoms with van der Waals surface area (Å²) in [5.41, 5.74) is 0. The summed E-state index contributed by atoms with van der Waals surface area (Å²) in [5, 5.41) is 0. The van der Waals surface area contributed by atoms with Gasteiger partial charge in [-0.25, -0.2) is 4.57 Å². The van der Waals surface area contributed by atoms with Gasteiger partial charge in [-0.1, -0.05) is 90.4 Å². The molecule has 0 aromatic carbocycles. The zero-order valence-corrected chi connectivity index (χ0v) is 16.3. The molecule has 0 amide bonds. The van der Waals surface area contributed by atoms with Crippen molar-refractivity contribution in [2.75, 3.05) is 13.2 Å². The van der Waals surface area contributed by atoms with Gasteiger partial charge in [0, 0.05) is 0 Å². The van der Waals surface area contributed by atoms with Gasteiger partial charge in [-0.05, 0) is 13.3 Å². The first-order valence-electron chi connectivity index (χ1n) is 9.74. The Bertz CT molecular complexity index is 294. The normalized spacial score (nSPS) is 12.9. The van der Waals surface area contributed by atoms with E-state index in [1.165, 1.54) is 77.0 Å². The van der Waals surface area contributed by atoms with Crippen LogP contribution in [0, 0.1) is 0 Å². The molecule has 1 unspecified atom stereocenters. The molecule has 144 valence electrons. The monoisotopic (exact) mass is 398 g/mol. The Morgan fingerprint density at radius 2 is 1.00 bits per heavy atom. The van der Waals surface area contributed by atoms with Crippen LogP contribution in [-0.2, 0) is 13.6 Å². The van der Waals surface area contributed by atoms with Gasteiger partial charge in [0.15, 0.2) is 0 Å². The van der Waals surface area contributed by atoms with Gasteiger partial charge in [-0.2, -0.15) is 0 Å². The maximum atomic E-state index is 11.3. The summed E-state index contributed by atoms with van der Waals surface area (Å²) >= 11 is 0. The molecule has 25 heavy (non-hydrogen) atoms. The van der Waals surface area contributed by atoms with E-state index in [-0.39, 0.29) is 65.7 Å². The van der Waals surface area contributed by atoms with Crippen LogP contribution in [0.4, 0.5) is 0 Å². The van der Waals surface area contributed by atoms with Gasteiger partial charge in [-0.3, -0.25) is 9.05 Å². The number of rotatable bonds is 18. The summed E-state index contributed by atoms with van der Waals surface area (Å²) in [5.74, 6) is 0. The molecule has 0 heterocycles. The first-order chi connectivity index (χ1) is 11.1. The van der Waals surface area contributed by atoms with Gasteiger partial charge in [0.05, 0.1) is 13.2 Å². The maximum absolute atomic E-state index is 11.3. The van der Waals surface area contributed by atoms with Crippen molar-refractivity contribution in [1.29, 1.82) is 0 Å². The predicted octanol–water partition coefficient (Wildman–Crippen LogP) is 5.32. The molecule has 0 aromatic rings. The van der Waals surface area contributed by atoms with Crippen molar-refractivity contribution < 1.29 is 18.5 Å². The van der Waals surface area contributed by atoms with E-state index in [0.717, 1.165) is 12.8 Å². The zero-order chi connectivity index (χ0) is 17.2. The van der Waals surface area contributed by atoms with E-state index in [1.807, 2.05) is 0 Å². The molecule has 0 aliphatic heterocycles. The van der Waals surface area contributed by atoms with Gasteiger partial charge in [0.1, 0.15) is 0 Å². The van der Waals surface area contributed by atoms with E-state index in [4.69, 9.17) is 4.52 Å². The molecule has 0 aliphatic rings. The van der Waals surface area contributed by atoms with Gasteiger partial charge in [0.25, 0.3) is 0 Å². The quantitative estimate of drug-likeness (QED) is 0.193. The van der Waals surface area contributed by atoms with Gasteiger partial charge in [-0.15, -0.1) is 0 Å². The summed E-state index contributed by atoms with van der Waals surface area (Å²) in [6.07, 6.45) is 18.1. The number of hydrogen-bond donors (Lipinski definition) is 1. The van der Waals surface area contributed by atoms with Gasteiger partial charge >= 0.3 is 66.9 Å². The summed E-state index contributed by atoms with van der Waals surface area (Å²) in [7, 11) is -3.78. The minimum absolute atomic E-state index is 0.